The van der Waals surface area contributed by atoms with Gasteiger partial charge in [0.15, 0.2) is 0 Å². The van der Waals surface area contributed by atoms with Gasteiger partial charge in [-0.05, 0) is 23.1 Å². The van der Waals surface area contributed by atoms with Gasteiger partial charge in [-0.15, -0.1) is 11.3 Å². The minimum absolute atomic E-state index is 0.129. The van der Waals surface area contributed by atoms with Gasteiger partial charge in [-0.3, -0.25) is 4.79 Å². The highest BCUT2D eigenvalue weighted by Crippen LogP contribution is 2.32. The van der Waals surface area contributed by atoms with Gasteiger partial charge in [0.1, 0.15) is 4.88 Å². The number of benzene rings is 1. The molecule has 0 bridgehead atoms. The molecule has 2 aromatic rings. The molecule has 0 spiro atoms. The lowest BCUT2D eigenvalue weighted by Gasteiger charge is -2.11. The zero-order valence-corrected chi connectivity index (χ0v) is 12.2. The van der Waals surface area contributed by atoms with Crippen LogP contribution in [0.3, 0.4) is 0 Å². The number of esters is 1. The lowest BCUT2D eigenvalue weighted by Crippen LogP contribution is -2.23. The fourth-order valence-electron chi connectivity index (χ4n) is 2.40. The zero-order chi connectivity index (χ0) is 14.8. The van der Waals surface area contributed by atoms with Crippen LogP contribution in [0.1, 0.15) is 21.2 Å². The molecule has 2 heterocycles. The number of nitrogens with one attached hydrogen (secondary N) is 2. The first-order valence-corrected chi connectivity index (χ1v) is 7.38. The maximum absolute atomic E-state index is 12.4. The van der Waals surface area contributed by atoms with E-state index in [-0.39, 0.29) is 11.8 Å². The number of fused-ring (bicyclic) bond motifs is 1. The van der Waals surface area contributed by atoms with E-state index in [9.17, 15) is 9.59 Å². The molecule has 1 aromatic carbocycles. The van der Waals surface area contributed by atoms with Crippen LogP contribution in [0, 0.1) is 0 Å². The van der Waals surface area contributed by atoms with E-state index in [2.05, 4.69) is 10.6 Å². The number of hydrogen-bond acceptors (Lipinski definition) is 5. The van der Waals surface area contributed by atoms with Crippen LogP contribution in [0.25, 0.3) is 0 Å². The fourth-order valence-corrected chi connectivity index (χ4v) is 3.16. The molecule has 2 N–H and O–H groups in total. The van der Waals surface area contributed by atoms with Gasteiger partial charge in [0.05, 0.1) is 18.7 Å². The summed E-state index contributed by atoms with van der Waals surface area (Å²) in [6.07, 6.45) is 0. The minimum Gasteiger partial charge on any atom is -0.465 e. The Morgan fingerprint density at radius 3 is 2.95 bits per heavy atom. The van der Waals surface area contributed by atoms with Crippen molar-refractivity contribution in [1.29, 1.82) is 0 Å². The first kappa shape index (κ1) is 13.6. The Balaban J connectivity index is 1.79. The smallest absolute Gasteiger partial charge is 0.350 e. The number of carbonyl (C=O) groups excluding carboxylic acids is 2. The van der Waals surface area contributed by atoms with Crippen molar-refractivity contribution in [2.45, 2.75) is 5.92 Å². The highest BCUT2D eigenvalue weighted by molar-refractivity contribution is 7.12. The Morgan fingerprint density at radius 2 is 2.14 bits per heavy atom. The van der Waals surface area contributed by atoms with Crippen molar-refractivity contribution in [3.8, 4) is 0 Å². The second kappa shape index (κ2) is 5.57. The van der Waals surface area contributed by atoms with Crippen LogP contribution in [0.5, 0.6) is 0 Å². The van der Waals surface area contributed by atoms with Gasteiger partial charge in [-0.2, -0.15) is 0 Å². The summed E-state index contributed by atoms with van der Waals surface area (Å²) in [4.78, 5) is 24.5. The minimum atomic E-state index is -0.440. The standard InChI is InChI=1S/C15H14N2O3S/c1-20-15(19)13-12(6-7-21-13)17-14(18)10-8-16-11-5-3-2-4-9(10)11/h2-7,10,16H,8H2,1H3,(H,17,18). The van der Waals surface area contributed by atoms with E-state index in [1.807, 2.05) is 24.3 Å². The predicted molar refractivity (Wildman–Crippen MR) is 82.0 cm³/mol. The third-order valence-corrected chi connectivity index (χ3v) is 4.34. The van der Waals surface area contributed by atoms with Gasteiger partial charge in [0.2, 0.25) is 5.91 Å². The number of anilines is 2. The molecule has 0 saturated heterocycles. The van der Waals surface area contributed by atoms with Crippen molar-refractivity contribution in [2.75, 3.05) is 24.3 Å². The molecule has 1 amide bonds. The van der Waals surface area contributed by atoms with E-state index in [1.165, 1.54) is 18.4 Å². The molecule has 1 aromatic heterocycles. The summed E-state index contributed by atoms with van der Waals surface area (Å²) in [5.74, 6) is -0.826. The monoisotopic (exact) mass is 302 g/mol. The van der Waals surface area contributed by atoms with Crippen molar-refractivity contribution >= 4 is 34.6 Å². The average Bonchev–Trinajstić information content (AvgIpc) is 3.12. The van der Waals surface area contributed by atoms with Crippen LogP contribution < -0.4 is 10.6 Å². The Kier molecular flexibility index (Phi) is 3.62. The maximum atomic E-state index is 12.4. The normalized spacial score (nSPS) is 16.0. The molecular formula is C15H14N2O3S. The van der Waals surface area contributed by atoms with Crippen LogP contribution in [0.4, 0.5) is 11.4 Å². The number of para-hydroxylation sites is 1. The number of carbonyl (C=O) groups is 2. The van der Waals surface area contributed by atoms with Gasteiger partial charge in [0.25, 0.3) is 0 Å². The topological polar surface area (TPSA) is 67.4 Å². The number of ether oxygens (including phenoxy) is 1. The fraction of sp³-hybridized carbons (Fsp3) is 0.200. The molecular weight excluding hydrogens is 288 g/mol. The summed E-state index contributed by atoms with van der Waals surface area (Å²) in [5, 5.41) is 7.78. The number of thiophene rings is 1. The molecule has 5 nitrogen and oxygen atoms in total. The van der Waals surface area contributed by atoms with Gasteiger partial charge < -0.3 is 15.4 Å². The Bertz CT molecular complexity index is 696. The Morgan fingerprint density at radius 1 is 1.33 bits per heavy atom. The lowest BCUT2D eigenvalue weighted by atomic mass is 10.0. The van der Waals surface area contributed by atoms with E-state index in [4.69, 9.17) is 4.74 Å². The molecule has 0 saturated carbocycles. The van der Waals surface area contributed by atoms with E-state index in [0.29, 0.717) is 17.1 Å². The summed E-state index contributed by atoms with van der Waals surface area (Å²) < 4.78 is 4.71. The first-order valence-electron chi connectivity index (χ1n) is 6.50. The van der Waals surface area contributed by atoms with Gasteiger partial charge >= 0.3 is 5.97 Å². The summed E-state index contributed by atoms with van der Waals surface area (Å²) in [6.45, 7) is 0.558. The zero-order valence-electron chi connectivity index (χ0n) is 11.4. The maximum Gasteiger partial charge on any atom is 0.350 e. The molecule has 0 radical (unpaired) electrons. The van der Waals surface area contributed by atoms with Gasteiger partial charge in [-0.1, -0.05) is 18.2 Å². The SMILES string of the molecule is COC(=O)c1sccc1NC(=O)C1CNc2ccccc21. The van der Waals surface area contributed by atoms with Crippen molar-refractivity contribution < 1.29 is 14.3 Å². The first-order chi connectivity index (χ1) is 10.2. The third kappa shape index (κ3) is 2.50. The van der Waals surface area contributed by atoms with Crippen LogP contribution >= 0.6 is 11.3 Å². The summed E-state index contributed by atoms with van der Waals surface area (Å²) in [5.41, 5.74) is 2.46. The van der Waals surface area contributed by atoms with Crippen LogP contribution in [0.2, 0.25) is 0 Å². The molecule has 1 aliphatic heterocycles. The van der Waals surface area contributed by atoms with E-state index in [1.54, 1.807) is 11.4 Å². The summed E-state index contributed by atoms with van der Waals surface area (Å²) in [6, 6.07) is 9.45. The quantitative estimate of drug-likeness (QED) is 0.855. The second-order valence-corrected chi connectivity index (χ2v) is 5.58. The molecule has 21 heavy (non-hydrogen) atoms. The predicted octanol–water partition coefficient (Wildman–Crippen LogP) is 2.68. The summed E-state index contributed by atoms with van der Waals surface area (Å²) in [7, 11) is 1.32. The lowest BCUT2D eigenvalue weighted by molar-refractivity contribution is -0.117. The van der Waals surface area contributed by atoms with E-state index < -0.39 is 5.97 Å². The van der Waals surface area contributed by atoms with Crippen LogP contribution in [0.15, 0.2) is 35.7 Å². The second-order valence-electron chi connectivity index (χ2n) is 4.66. The molecule has 3 rings (SSSR count). The number of hydrogen-bond donors (Lipinski definition) is 2. The molecule has 1 atom stereocenters. The average molecular weight is 302 g/mol. The van der Waals surface area contributed by atoms with Gasteiger partial charge in [-0.25, -0.2) is 4.79 Å². The number of rotatable bonds is 3. The third-order valence-electron chi connectivity index (χ3n) is 3.44. The molecule has 108 valence electrons. The van der Waals surface area contributed by atoms with Crippen molar-refractivity contribution in [3.63, 3.8) is 0 Å². The molecule has 0 fully saturated rings. The highest BCUT2D eigenvalue weighted by atomic mass is 32.1. The Hall–Kier alpha value is -2.34. The van der Waals surface area contributed by atoms with E-state index in [0.717, 1.165) is 11.3 Å². The van der Waals surface area contributed by atoms with Gasteiger partial charge in [0, 0.05) is 12.2 Å². The number of amides is 1. The molecule has 0 aliphatic carbocycles. The van der Waals surface area contributed by atoms with Crippen molar-refractivity contribution in [1.82, 2.24) is 0 Å². The number of methoxy groups -OCH3 is 1. The molecule has 1 aliphatic rings. The van der Waals surface area contributed by atoms with Crippen molar-refractivity contribution in [3.05, 3.63) is 46.2 Å². The van der Waals surface area contributed by atoms with Crippen LogP contribution in [-0.4, -0.2) is 25.5 Å². The van der Waals surface area contributed by atoms with E-state index >= 15 is 0 Å². The molecule has 6 heteroatoms. The highest BCUT2D eigenvalue weighted by Gasteiger charge is 2.29. The molecule has 1 unspecified atom stereocenters. The largest absolute Gasteiger partial charge is 0.465 e. The van der Waals surface area contributed by atoms with Crippen molar-refractivity contribution in [2.24, 2.45) is 0 Å². The Labute approximate surface area is 125 Å². The summed E-state index contributed by atoms with van der Waals surface area (Å²) >= 11 is 1.25. The van der Waals surface area contributed by atoms with Crippen LogP contribution in [-0.2, 0) is 9.53 Å².